The molecular formula is C21H19Cl2N3O3. The molecule has 3 aromatic rings. The van der Waals surface area contributed by atoms with Crippen molar-refractivity contribution in [2.24, 2.45) is 0 Å². The normalized spacial score (nSPS) is 10.3. The van der Waals surface area contributed by atoms with Crippen LogP contribution in [0.2, 0.25) is 10.0 Å². The van der Waals surface area contributed by atoms with Gasteiger partial charge in [0.1, 0.15) is 5.82 Å². The predicted octanol–water partition coefficient (Wildman–Crippen LogP) is 5.08. The van der Waals surface area contributed by atoms with Crippen LogP contribution in [0.5, 0.6) is 11.5 Å². The van der Waals surface area contributed by atoms with Crippen molar-refractivity contribution in [3.05, 3.63) is 75.9 Å². The van der Waals surface area contributed by atoms with Gasteiger partial charge < -0.3 is 20.1 Å². The highest BCUT2D eigenvalue weighted by molar-refractivity contribution is 6.33. The monoisotopic (exact) mass is 431 g/mol. The minimum absolute atomic E-state index is 0.242. The number of hydrogen-bond acceptors (Lipinski definition) is 5. The number of amides is 1. The molecule has 0 unspecified atom stereocenters. The quantitative estimate of drug-likeness (QED) is 0.545. The first-order valence-electron chi connectivity index (χ1n) is 8.68. The van der Waals surface area contributed by atoms with Crippen LogP contribution in [0, 0.1) is 0 Å². The summed E-state index contributed by atoms with van der Waals surface area (Å²) in [5.74, 6) is 1.35. The fourth-order valence-corrected chi connectivity index (χ4v) is 3.01. The Balaban J connectivity index is 1.67. The second-order valence-electron chi connectivity index (χ2n) is 6.02. The summed E-state index contributed by atoms with van der Waals surface area (Å²) in [6.45, 7) is 0.333. The van der Waals surface area contributed by atoms with E-state index in [-0.39, 0.29) is 5.91 Å². The fourth-order valence-electron chi connectivity index (χ4n) is 2.61. The predicted molar refractivity (Wildman–Crippen MR) is 115 cm³/mol. The van der Waals surface area contributed by atoms with Crippen LogP contribution in [0.15, 0.2) is 54.7 Å². The topological polar surface area (TPSA) is 72.5 Å². The van der Waals surface area contributed by atoms with Gasteiger partial charge in [-0.2, -0.15) is 0 Å². The van der Waals surface area contributed by atoms with E-state index in [1.807, 2.05) is 18.2 Å². The summed E-state index contributed by atoms with van der Waals surface area (Å²) < 4.78 is 10.5. The van der Waals surface area contributed by atoms with Crippen molar-refractivity contribution >= 4 is 40.6 Å². The molecule has 0 fully saturated rings. The molecule has 1 amide bonds. The number of methoxy groups -OCH3 is 2. The standard InChI is InChI=1S/C21H19Cl2N3O3/c1-28-18-9-16(23)17(10-19(18)29-2)26-20-8-7-14(12-24-20)21(27)25-11-13-5-3-4-6-15(13)22/h3-10,12H,11H2,1-2H3,(H,24,26)(H,25,27). The van der Waals surface area contributed by atoms with E-state index in [1.165, 1.54) is 6.20 Å². The van der Waals surface area contributed by atoms with E-state index >= 15 is 0 Å². The molecule has 29 heavy (non-hydrogen) atoms. The van der Waals surface area contributed by atoms with Crippen molar-refractivity contribution in [3.63, 3.8) is 0 Å². The zero-order valence-corrected chi connectivity index (χ0v) is 17.3. The molecule has 3 rings (SSSR count). The molecule has 0 saturated carbocycles. The van der Waals surface area contributed by atoms with Crippen molar-refractivity contribution < 1.29 is 14.3 Å². The molecule has 0 radical (unpaired) electrons. The Bertz CT molecular complexity index is 1010. The molecule has 6 nitrogen and oxygen atoms in total. The summed E-state index contributed by atoms with van der Waals surface area (Å²) in [7, 11) is 3.09. The summed E-state index contributed by atoms with van der Waals surface area (Å²) in [4.78, 5) is 16.6. The van der Waals surface area contributed by atoms with Crippen LogP contribution in [0.1, 0.15) is 15.9 Å². The van der Waals surface area contributed by atoms with Crippen LogP contribution in [-0.2, 0) is 6.54 Å². The Morgan fingerprint density at radius 2 is 1.72 bits per heavy atom. The number of hydrogen-bond donors (Lipinski definition) is 2. The van der Waals surface area contributed by atoms with Crippen LogP contribution in [-0.4, -0.2) is 25.1 Å². The van der Waals surface area contributed by atoms with Crippen LogP contribution in [0.3, 0.4) is 0 Å². The highest BCUT2D eigenvalue weighted by Gasteiger charge is 2.12. The van der Waals surface area contributed by atoms with Gasteiger partial charge >= 0.3 is 0 Å². The van der Waals surface area contributed by atoms with Gasteiger partial charge in [0.2, 0.25) is 0 Å². The third-order valence-corrected chi connectivity index (χ3v) is 4.84. The first-order chi connectivity index (χ1) is 14.0. The van der Waals surface area contributed by atoms with Gasteiger partial charge in [-0.05, 0) is 23.8 Å². The lowest BCUT2D eigenvalue weighted by molar-refractivity contribution is 0.0950. The van der Waals surface area contributed by atoms with E-state index in [1.54, 1.807) is 44.6 Å². The molecule has 2 N–H and O–H groups in total. The largest absolute Gasteiger partial charge is 0.493 e. The zero-order chi connectivity index (χ0) is 20.8. The van der Waals surface area contributed by atoms with E-state index < -0.39 is 0 Å². The maximum absolute atomic E-state index is 12.3. The van der Waals surface area contributed by atoms with Gasteiger partial charge in [0, 0.05) is 29.9 Å². The van der Waals surface area contributed by atoms with Gasteiger partial charge in [0.25, 0.3) is 5.91 Å². The Labute approximate surface area is 178 Å². The molecule has 0 saturated heterocycles. The Morgan fingerprint density at radius 3 is 2.38 bits per heavy atom. The van der Waals surface area contributed by atoms with Crippen molar-refractivity contribution in [2.45, 2.75) is 6.54 Å². The summed E-state index contributed by atoms with van der Waals surface area (Å²) in [5, 5.41) is 6.99. The van der Waals surface area contributed by atoms with Crippen LogP contribution in [0.25, 0.3) is 0 Å². The number of anilines is 2. The van der Waals surface area contributed by atoms with Crippen LogP contribution >= 0.6 is 23.2 Å². The third-order valence-electron chi connectivity index (χ3n) is 4.16. The van der Waals surface area contributed by atoms with E-state index in [0.29, 0.717) is 45.2 Å². The average Bonchev–Trinajstić information content (AvgIpc) is 2.74. The number of nitrogens with zero attached hydrogens (tertiary/aromatic N) is 1. The van der Waals surface area contributed by atoms with E-state index in [4.69, 9.17) is 32.7 Å². The number of ether oxygens (including phenoxy) is 2. The van der Waals surface area contributed by atoms with Crippen molar-refractivity contribution in [3.8, 4) is 11.5 Å². The molecule has 0 atom stereocenters. The second-order valence-corrected chi connectivity index (χ2v) is 6.83. The van der Waals surface area contributed by atoms with Gasteiger partial charge in [0.05, 0.1) is 30.5 Å². The molecule has 0 bridgehead atoms. The molecule has 0 aliphatic rings. The highest BCUT2D eigenvalue weighted by atomic mass is 35.5. The fraction of sp³-hybridized carbons (Fsp3) is 0.143. The van der Waals surface area contributed by atoms with Gasteiger partial charge in [-0.15, -0.1) is 0 Å². The number of benzene rings is 2. The molecule has 8 heteroatoms. The van der Waals surface area contributed by atoms with Gasteiger partial charge in [-0.3, -0.25) is 4.79 Å². The average molecular weight is 432 g/mol. The van der Waals surface area contributed by atoms with Crippen molar-refractivity contribution in [2.75, 3.05) is 19.5 Å². The second kappa shape index (κ2) is 9.49. The molecule has 0 aliphatic heterocycles. The molecule has 150 valence electrons. The number of rotatable bonds is 7. The number of pyridine rings is 1. The van der Waals surface area contributed by atoms with E-state index in [0.717, 1.165) is 5.56 Å². The molecule has 0 aliphatic carbocycles. The number of carbonyl (C=O) groups is 1. The lowest BCUT2D eigenvalue weighted by atomic mass is 10.2. The smallest absolute Gasteiger partial charge is 0.253 e. The highest BCUT2D eigenvalue weighted by Crippen LogP contribution is 2.37. The molecule has 1 aromatic heterocycles. The molecule has 0 spiro atoms. The summed E-state index contributed by atoms with van der Waals surface area (Å²) in [6, 6.07) is 14.1. The zero-order valence-electron chi connectivity index (χ0n) is 15.8. The SMILES string of the molecule is COc1cc(Cl)c(Nc2ccc(C(=O)NCc3ccccc3Cl)cn2)cc1OC. The Hall–Kier alpha value is -2.96. The van der Waals surface area contributed by atoms with Crippen molar-refractivity contribution in [1.29, 1.82) is 0 Å². The number of aromatic nitrogens is 1. The first-order valence-corrected chi connectivity index (χ1v) is 9.43. The third kappa shape index (κ3) is 5.10. The summed E-state index contributed by atoms with van der Waals surface area (Å²) in [5.41, 5.74) is 1.88. The molecule has 2 aromatic carbocycles. The lowest BCUT2D eigenvalue weighted by Crippen LogP contribution is -2.23. The van der Waals surface area contributed by atoms with Gasteiger partial charge in [-0.25, -0.2) is 4.98 Å². The Kier molecular flexibility index (Phi) is 6.80. The summed E-state index contributed by atoms with van der Waals surface area (Å²) >= 11 is 12.4. The number of carbonyl (C=O) groups excluding carboxylic acids is 1. The Morgan fingerprint density at radius 1 is 1.00 bits per heavy atom. The van der Waals surface area contributed by atoms with Gasteiger partial charge in [0.15, 0.2) is 11.5 Å². The number of halogens is 2. The number of nitrogens with one attached hydrogen (secondary N) is 2. The van der Waals surface area contributed by atoms with E-state index in [9.17, 15) is 4.79 Å². The maximum atomic E-state index is 12.3. The lowest BCUT2D eigenvalue weighted by Gasteiger charge is -2.13. The molecular weight excluding hydrogens is 413 g/mol. The maximum Gasteiger partial charge on any atom is 0.253 e. The first kappa shape index (κ1) is 20.8. The summed E-state index contributed by atoms with van der Waals surface area (Å²) in [6.07, 6.45) is 1.49. The van der Waals surface area contributed by atoms with E-state index in [2.05, 4.69) is 15.6 Å². The van der Waals surface area contributed by atoms with Crippen LogP contribution in [0.4, 0.5) is 11.5 Å². The minimum atomic E-state index is -0.242. The van der Waals surface area contributed by atoms with Crippen molar-refractivity contribution in [1.82, 2.24) is 10.3 Å². The van der Waals surface area contributed by atoms with Gasteiger partial charge in [-0.1, -0.05) is 41.4 Å². The minimum Gasteiger partial charge on any atom is -0.493 e. The molecule has 1 heterocycles. The van der Waals surface area contributed by atoms with Crippen LogP contribution < -0.4 is 20.1 Å².